The summed E-state index contributed by atoms with van der Waals surface area (Å²) >= 11 is 0. The van der Waals surface area contributed by atoms with Crippen molar-refractivity contribution in [3.63, 3.8) is 0 Å². The van der Waals surface area contributed by atoms with Crippen molar-refractivity contribution in [1.29, 1.82) is 0 Å². The summed E-state index contributed by atoms with van der Waals surface area (Å²) in [5.74, 6) is -1.77. The van der Waals surface area contributed by atoms with Crippen LogP contribution in [0.25, 0.3) is 22.4 Å². The average Bonchev–Trinajstić information content (AvgIpc) is 2.65. The third kappa shape index (κ3) is 3.44. The summed E-state index contributed by atoms with van der Waals surface area (Å²) in [7, 11) is 1.10. The summed E-state index contributed by atoms with van der Waals surface area (Å²) in [6.45, 7) is 0. The van der Waals surface area contributed by atoms with Crippen molar-refractivity contribution < 1.29 is 14.3 Å². The van der Waals surface area contributed by atoms with E-state index in [9.17, 15) is 14.4 Å². The monoisotopic (exact) mass is 339 g/mol. The number of pyridine rings is 1. The zero-order chi connectivity index (χ0) is 17.8. The number of amides is 1. The topological polar surface area (TPSA) is 126 Å². The van der Waals surface area contributed by atoms with Gasteiger partial charge in [-0.2, -0.15) is 0 Å². The number of aromatic amines is 1. The number of esters is 1. The summed E-state index contributed by atoms with van der Waals surface area (Å²) in [4.78, 5) is 45.8. The van der Waals surface area contributed by atoms with E-state index in [1.54, 1.807) is 30.3 Å². The number of nitrogens with zero attached hydrogens (tertiary/aromatic N) is 2. The van der Waals surface area contributed by atoms with Crippen molar-refractivity contribution in [2.75, 3.05) is 12.5 Å². The standard InChI is InChI=1S/C16H13N5O4/c1-25-16(24)15(23)21-20-11-8-7-10-13(18-11)19-12(14(22)17-10)9-5-3-2-4-6-9/h2-8H,1H3,(H,17,22)(H,21,23)(H,18,19,20). The first-order valence-electron chi connectivity index (χ1n) is 7.19. The van der Waals surface area contributed by atoms with E-state index in [0.29, 0.717) is 11.1 Å². The molecule has 1 aromatic carbocycles. The van der Waals surface area contributed by atoms with Crippen molar-refractivity contribution in [2.24, 2.45) is 0 Å². The minimum atomic E-state index is -1.04. The van der Waals surface area contributed by atoms with Gasteiger partial charge in [0.1, 0.15) is 11.5 Å². The van der Waals surface area contributed by atoms with E-state index in [-0.39, 0.29) is 22.7 Å². The first-order chi connectivity index (χ1) is 12.1. The maximum atomic E-state index is 12.2. The number of carbonyl (C=O) groups excluding carboxylic acids is 2. The summed E-state index contributed by atoms with van der Waals surface area (Å²) in [5.41, 5.74) is 5.90. The van der Waals surface area contributed by atoms with Crippen molar-refractivity contribution in [3.05, 3.63) is 52.8 Å². The first kappa shape index (κ1) is 16.1. The molecule has 0 saturated carbocycles. The zero-order valence-electron chi connectivity index (χ0n) is 13.1. The molecule has 0 spiro atoms. The number of anilines is 1. The molecule has 9 heteroatoms. The fourth-order valence-corrected chi connectivity index (χ4v) is 2.10. The molecule has 0 bridgehead atoms. The van der Waals surface area contributed by atoms with Gasteiger partial charge in [-0.1, -0.05) is 30.3 Å². The molecule has 3 aromatic rings. The fraction of sp³-hybridized carbons (Fsp3) is 0.0625. The lowest BCUT2D eigenvalue weighted by molar-refractivity contribution is -0.152. The molecule has 0 aliphatic rings. The van der Waals surface area contributed by atoms with E-state index in [1.165, 1.54) is 6.07 Å². The van der Waals surface area contributed by atoms with Gasteiger partial charge >= 0.3 is 11.9 Å². The number of H-pyrrole nitrogens is 1. The second kappa shape index (κ2) is 6.79. The Balaban J connectivity index is 1.91. The molecule has 2 aromatic heterocycles. The molecule has 25 heavy (non-hydrogen) atoms. The Morgan fingerprint density at radius 1 is 1.08 bits per heavy atom. The quantitative estimate of drug-likeness (QED) is 0.362. The molecule has 1 amide bonds. The van der Waals surface area contributed by atoms with E-state index < -0.39 is 11.9 Å². The van der Waals surface area contributed by atoms with Crippen molar-refractivity contribution in [1.82, 2.24) is 20.4 Å². The molecule has 0 fully saturated rings. The lowest BCUT2D eigenvalue weighted by Gasteiger charge is -2.07. The number of rotatable bonds is 3. The first-order valence-corrected chi connectivity index (χ1v) is 7.19. The molecule has 0 saturated heterocycles. The molecule has 0 aliphatic heterocycles. The van der Waals surface area contributed by atoms with E-state index in [2.05, 4.69) is 30.5 Å². The average molecular weight is 339 g/mol. The van der Waals surface area contributed by atoms with Gasteiger partial charge in [-0.25, -0.2) is 14.8 Å². The van der Waals surface area contributed by atoms with Gasteiger partial charge in [-0.15, -0.1) is 0 Å². The van der Waals surface area contributed by atoms with E-state index in [4.69, 9.17) is 0 Å². The van der Waals surface area contributed by atoms with Gasteiger partial charge in [-0.3, -0.25) is 20.4 Å². The lowest BCUT2D eigenvalue weighted by atomic mass is 10.1. The largest absolute Gasteiger partial charge is 0.462 e. The van der Waals surface area contributed by atoms with Gasteiger partial charge in [0.2, 0.25) is 0 Å². The molecule has 0 atom stereocenters. The van der Waals surface area contributed by atoms with Crippen LogP contribution in [-0.2, 0) is 14.3 Å². The Bertz CT molecular complexity index is 1000. The van der Waals surface area contributed by atoms with Crippen molar-refractivity contribution >= 4 is 28.9 Å². The van der Waals surface area contributed by atoms with Gasteiger partial charge in [0.05, 0.1) is 12.6 Å². The SMILES string of the molecule is COC(=O)C(=O)NNc1ccc2[nH]c(=O)c(-c3ccccc3)nc2n1. The van der Waals surface area contributed by atoms with Crippen LogP contribution in [0.4, 0.5) is 5.82 Å². The van der Waals surface area contributed by atoms with Crippen molar-refractivity contribution in [3.8, 4) is 11.3 Å². The van der Waals surface area contributed by atoms with Gasteiger partial charge < -0.3 is 9.72 Å². The Kier molecular flexibility index (Phi) is 4.38. The third-order valence-electron chi connectivity index (χ3n) is 3.28. The molecule has 126 valence electrons. The molecular weight excluding hydrogens is 326 g/mol. The van der Waals surface area contributed by atoms with E-state index in [0.717, 1.165) is 7.11 Å². The molecule has 0 unspecified atom stereocenters. The maximum Gasteiger partial charge on any atom is 0.398 e. The molecule has 3 N–H and O–H groups in total. The molecular formula is C16H13N5O4. The predicted octanol–water partition coefficient (Wildman–Crippen LogP) is 0.601. The predicted molar refractivity (Wildman–Crippen MR) is 89.4 cm³/mol. The number of ether oxygens (including phenoxy) is 1. The highest BCUT2D eigenvalue weighted by molar-refractivity contribution is 6.32. The van der Waals surface area contributed by atoms with Gasteiger partial charge in [0.25, 0.3) is 5.56 Å². The summed E-state index contributed by atoms with van der Waals surface area (Å²) in [6, 6.07) is 12.1. The van der Waals surface area contributed by atoms with Crippen LogP contribution >= 0.6 is 0 Å². The summed E-state index contributed by atoms with van der Waals surface area (Å²) in [6.07, 6.45) is 0. The molecule has 0 radical (unpaired) electrons. The number of methoxy groups -OCH3 is 1. The van der Waals surface area contributed by atoms with Crippen LogP contribution in [0, 0.1) is 0 Å². The number of aromatic nitrogens is 3. The number of fused-ring (bicyclic) bond motifs is 1. The van der Waals surface area contributed by atoms with Crippen LogP contribution in [0.15, 0.2) is 47.3 Å². The van der Waals surface area contributed by atoms with Crippen LogP contribution in [0.2, 0.25) is 0 Å². The van der Waals surface area contributed by atoms with Gasteiger partial charge in [0.15, 0.2) is 5.65 Å². The van der Waals surface area contributed by atoms with E-state index >= 15 is 0 Å². The van der Waals surface area contributed by atoms with E-state index in [1.807, 2.05) is 6.07 Å². The summed E-state index contributed by atoms with van der Waals surface area (Å²) < 4.78 is 4.29. The molecule has 2 heterocycles. The normalized spacial score (nSPS) is 10.3. The second-order valence-electron chi connectivity index (χ2n) is 4.92. The third-order valence-corrected chi connectivity index (χ3v) is 3.28. The smallest absolute Gasteiger partial charge is 0.398 e. The highest BCUT2D eigenvalue weighted by Crippen LogP contribution is 2.15. The highest BCUT2D eigenvalue weighted by Gasteiger charge is 2.13. The van der Waals surface area contributed by atoms with Crippen LogP contribution in [0.5, 0.6) is 0 Å². The molecule has 9 nitrogen and oxygen atoms in total. The van der Waals surface area contributed by atoms with Crippen LogP contribution in [0.1, 0.15) is 0 Å². The van der Waals surface area contributed by atoms with Gasteiger partial charge in [0, 0.05) is 5.56 Å². The number of hydrazine groups is 1. The Morgan fingerprint density at radius 3 is 2.56 bits per heavy atom. The maximum absolute atomic E-state index is 12.2. The summed E-state index contributed by atoms with van der Waals surface area (Å²) in [5, 5.41) is 0. The van der Waals surface area contributed by atoms with Crippen molar-refractivity contribution in [2.45, 2.75) is 0 Å². The number of benzene rings is 1. The fourth-order valence-electron chi connectivity index (χ4n) is 2.10. The number of hydrogen-bond donors (Lipinski definition) is 3. The zero-order valence-corrected chi connectivity index (χ0v) is 13.1. The molecule has 0 aliphatic carbocycles. The minimum Gasteiger partial charge on any atom is -0.462 e. The minimum absolute atomic E-state index is 0.233. The number of hydrogen-bond acceptors (Lipinski definition) is 7. The lowest BCUT2D eigenvalue weighted by Crippen LogP contribution is -2.36. The number of carbonyl (C=O) groups is 2. The molecule has 3 rings (SSSR count). The number of nitrogens with one attached hydrogen (secondary N) is 3. The highest BCUT2D eigenvalue weighted by atomic mass is 16.5. The van der Waals surface area contributed by atoms with Crippen LogP contribution in [0.3, 0.4) is 0 Å². The Hall–Kier alpha value is -3.75. The Labute approximate surface area is 141 Å². The van der Waals surface area contributed by atoms with Crippen LogP contribution < -0.4 is 16.4 Å². The van der Waals surface area contributed by atoms with Gasteiger partial charge in [-0.05, 0) is 12.1 Å². The Morgan fingerprint density at radius 2 is 1.84 bits per heavy atom. The van der Waals surface area contributed by atoms with Crippen LogP contribution in [-0.4, -0.2) is 33.9 Å². The second-order valence-corrected chi connectivity index (χ2v) is 4.92.